The molecule has 2 rings (SSSR count). The number of furan rings is 1. The molecule has 1 aromatic heterocycles. The van der Waals surface area contributed by atoms with Crippen molar-refractivity contribution < 1.29 is 19.1 Å². The first kappa shape index (κ1) is 11.7. The maximum atomic E-state index is 11.4. The zero-order valence-corrected chi connectivity index (χ0v) is 9.60. The Morgan fingerprint density at radius 2 is 2.35 bits per heavy atom. The van der Waals surface area contributed by atoms with Crippen molar-refractivity contribution in [3.8, 4) is 0 Å². The van der Waals surface area contributed by atoms with Crippen LogP contribution in [0.4, 0.5) is 0 Å². The van der Waals surface area contributed by atoms with Crippen LogP contribution in [0.5, 0.6) is 0 Å². The Hall–Kier alpha value is -1.78. The van der Waals surface area contributed by atoms with E-state index >= 15 is 0 Å². The van der Waals surface area contributed by atoms with Gasteiger partial charge in [0.2, 0.25) is 5.91 Å². The molecule has 1 aromatic rings. The van der Waals surface area contributed by atoms with Gasteiger partial charge in [0.25, 0.3) is 0 Å². The molecule has 0 aliphatic carbocycles. The maximum absolute atomic E-state index is 11.4. The predicted octanol–water partition coefficient (Wildman–Crippen LogP) is 1.63. The maximum Gasteiger partial charge on any atom is 0.303 e. The molecule has 1 saturated heterocycles. The van der Waals surface area contributed by atoms with Crippen molar-refractivity contribution in [1.29, 1.82) is 0 Å². The van der Waals surface area contributed by atoms with E-state index < -0.39 is 5.97 Å². The molecule has 1 aliphatic rings. The lowest BCUT2D eigenvalue weighted by Crippen LogP contribution is -2.39. The third kappa shape index (κ3) is 2.67. The highest BCUT2D eigenvalue weighted by Crippen LogP contribution is 2.32. The van der Waals surface area contributed by atoms with Crippen LogP contribution in [0.3, 0.4) is 0 Å². The van der Waals surface area contributed by atoms with E-state index in [1.54, 1.807) is 6.07 Å². The Morgan fingerprint density at radius 1 is 1.59 bits per heavy atom. The summed E-state index contributed by atoms with van der Waals surface area (Å²) in [7, 11) is 0. The molecule has 0 saturated carbocycles. The minimum Gasteiger partial charge on any atom is -0.481 e. The lowest BCUT2D eigenvalue weighted by atomic mass is 9.86. The number of hydrogen-bond acceptors (Lipinski definition) is 3. The van der Waals surface area contributed by atoms with E-state index in [9.17, 15) is 9.59 Å². The van der Waals surface area contributed by atoms with Crippen LogP contribution in [-0.2, 0) is 9.59 Å². The minimum atomic E-state index is -0.848. The Morgan fingerprint density at radius 3 is 2.94 bits per heavy atom. The summed E-state index contributed by atoms with van der Waals surface area (Å²) in [5.74, 6) is 0.400. The summed E-state index contributed by atoms with van der Waals surface area (Å²) < 4.78 is 5.48. The summed E-state index contributed by atoms with van der Waals surface area (Å²) in [6.45, 7) is 1.82. The van der Waals surface area contributed by atoms with E-state index in [1.165, 1.54) is 0 Å². The molecule has 0 spiro atoms. The number of carboxylic acids is 1. The van der Waals surface area contributed by atoms with Crippen molar-refractivity contribution in [2.24, 2.45) is 5.92 Å². The van der Waals surface area contributed by atoms with Gasteiger partial charge in [-0.15, -0.1) is 0 Å². The van der Waals surface area contributed by atoms with Crippen LogP contribution in [0.2, 0.25) is 0 Å². The van der Waals surface area contributed by atoms with Gasteiger partial charge in [0.1, 0.15) is 11.5 Å². The zero-order chi connectivity index (χ0) is 12.4. The van der Waals surface area contributed by atoms with E-state index in [4.69, 9.17) is 9.52 Å². The molecular formula is C12H15NO4. The van der Waals surface area contributed by atoms with Crippen LogP contribution in [0.15, 0.2) is 16.5 Å². The molecule has 2 heterocycles. The third-order valence-electron chi connectivity index (χ3n) is 3.03. The Balaban J connectivity index is 2.19. The largest absolute Gasteiger partial charge is 0.481 e. The summed E-state index contributed by atoms with van der Waals surface area (Å²) in [5.41, 5.74) is 0. The number of carbonyl (C=O) groups is 2. The van der Waals surface area contributed by atoms with Crippen molar-refractivity contribution in [3.63, 3.8) is 0 Å². The number of carbonyl (C=O) groups excluding carboxylic acids is 1. The first-order chi connectivity index (χ1) is 8.06. The fourth-order valence-corrected chi connectivity index (χ4v) is 2.21. The number of nitrogens with one attached hydrogen (secondary N) is 1. The average molecular weight is 237 g/mol. The van der Waals surface area contributed by atoms with Gasteiger partial charge in [-0.25, -0.2) is 0 Å². The monoisotopic (exact) mass is 237 g/mol. The van der Waals surface area contributed by atoms with E-state index in [-0.39, 0.29) is 24.3 Å². The van der Waals surface area contributed by atoms with E-state index in [0.29, 0.717) is 18.6 Å². The van der Waals surface area contributed by atoms with E-state index in [1.807, 2.05) is 13.0 Å². The van der Waals surface area contributed by atoms with Gasteiger partial charge in [0, 0.05) is 6.42 Å². The molecular weight excluding hydrogens is 222 g/mol. The van der Waals surface area contributed by atoms with Gasteiger partial charge in [-0.2, -0.15) is 0 Å². The van der Waals surface area contributed by atoms with Gasteiger partial charge in [-0.3, -0.25) is 9.59 Å². The van der Waals surface area contributed by atoms with Crippen molar-refractivity contribution in [2.45, 2.75) is 32.2 Å². The van der Waals surface area contributed by atoms with Gasteiger partial charge in [0.15, 0.2) is 0 Å². The summed E-state index contributed by atoms with van der Waals surface area (Å²) >= 11 is 0. The third-order valence-corrected chi connectivity index (χ3v) is 3.03. The smallest absolute Gasteiger partial charge is 0.303 e. The normalized spacial score (nSPS) is 24.4. The molecule has 92 valence electrons. The van der Waals surface area contributed by atoms with Gasteiger partial charge in [0.05, 0.1) is 12.5 Å². The van der Waals surface area contributed by atoms with Crippen molar-refractivity contribution in [3.05, 3.63) is 23.7 Å². The standard InChI is InChI=1S/C12H15NO4/c1-7-2-4-9(17-7)12-8(6-11(15)16)3-5-10(14)13-12/h2,4,8,12H,3,5-6H2,1H3,(H,13,14)(H,15,16)/t8-,12+/m1/s1. The van der Waals surface area contributed by atoms with Crippen LogP contribution in [-0.4, -0.2) is 17.0 Å². The predicted molar refractivity (Wildman–Crippen MR) is 59.3 cm³/mol. The Bertz CT molecular complexity index is 437. The molecule has 2 N–H and O–H groups in total. The molecule has 5 nitrogen and oxygen atoms in total. The van der Waals surface area contributed by atoms with Crippen LogP contribution >= 0.6 is 0 Å². The minimum absolute atomic E-state index is 0.0463. The first-order valence-corrected chi connectivity index (χ1v) is 5.64. The second kappa shape index (κ2) is 4.61. The number of hydrogen-bond donors (Lipinski definition) is 2. The van der Waals surface area contributed by atoms with Crippen LogP contribution in [0.25, 0.3) is 0 Å². The quantitative estimate of drug-likeness (QED) is 0.837. The molecule has 0 radical (unpaired) electrons. The number of amides is 1. The van der Waals surface area contributed by atoms with Gasteiger partial charge in [-0.05, 0) is 31.4 Å². The van der Waals surface area contributed by atoms with E-state index in [2.05, 4.69) is 5.32 Å². The lowest BCUT2D eigenvalue weighted by Gasteiger charge is -2.29. The molecule has 1 fully saturated rings. The van der Waals surface area contributed by atoms with Crippen molar-refractivity contribution in [1.82, 2.24) is 5.32 Å². The molecule has 0 bridgehead atoms. The molecule has 1 amide bonds. The summed E-state index contributed by atoms with van der Waals surface area (Å²) in [5, 5.41) is 11.7. The zero-order valence-electron chi connectivity index (χ0n) is 9.60. The number of rotatable bonds is 3. The SMILES string of the molecule is Cc1ccc([C@H]2NC(=O)CC[C@@H]2CC(=O)O)o1. The number of piperidine rings is 1. The van der Waals surface area contributed by atoms with Crippen LogP contribution < -0.4 is 5.32 Å². The number of aryl methyl sites for hydroxylation is 1. The van der Waals surface area contributed by atoms with Crippen LogP contribution in [0.1, 0.15) is 36.8 Å². The Labute approximate surface area is 98.8 Å². The molecule has 1 aliphatic heterocycles. The highest BCUT2D eigenvalue weighted by molar-refractivity contribution is 5.77. The Kier molecular flexibility index (Phi) is 3.17. The summed E-state index contributed by atoms with van der Waals surface area (Å²) in [4.78, 5) is 22.2. The van der Waals surface area contributed by atoms with Gasteiger partial charge < -0.3 is 14.8 Å². The fourth-order valence-electron chi connectivity index (χ4n) is 2.21. The first-order valence-electron chi connectivity index (χ1n) is 5.64. The summed E-state index contributed by atoms with van der Waals surface area (Å²) in [6, 6.07) is 3.29. The second-order valence-corrected chi connectivity index (χ2v) is 4.39. The molecule has 2 atom stereocenters. The lowest BCUT2D eigenvalue weighted by molar-refractivity contribution is -0.139. The molecule has 0 unspecified atom stereocenters. The van der Waals surface area contributed by atoms with Crippen LogP contribution in [0, 0.1) is 12.8 Å². The number of carboxylic acid groups (broad SMARTS) is 1. The highest BCUT2D eigenvalue weighted by atomic mass is 16.4. The molecule has 5 heteroatoms. The van der Waals surface area contributed by atoms with Gasteiger partial charge in [-0.1, -0.05) is 0 Å². The summed E-state index contributed by atoms with van der Waals surface area (Å²) in [6.07, 6.45) is 1.02. The highest BCUT2D eigenvalue weighted by Gasteiger charge is 2.33. The molecule has 0 aromatic carbocycles. The second-order valence-electron chi connectivity index (χ2n) is 4.39. The van der Waals surface area contributed by atoms with Gasteiger partial charge >= 0.3 is 5.97 Å². The molecule has 17 heavy (non-hydrogen) atoms. The van der Waals surface area contributed by atoms with Crippen molar-refractivity contribution >= 4 is 11.9 Å². The number of aliphatic carboxylic acids is 1. The van der Waals surface area contributed by atoms with Crippen molar-refractivity contribution in [2.75, 3.05) is 0 Å². The van der Waals surface area contributed by atoms with E-state index in [0.717, 1.165) is 5.76 Å². The average Bonchev–Trinajstić information content (AvgIpc) is 2.67. The topological polar surface area (TPSA) is 79.5 Å². The fraction of sp³-hybridized carbons (Fsp3) is 0.500.